The second kappa shape index (κ2) is 24.3. The molecule has 0 aliphatic heterocycles. The van der Waals surface area contributed by atoms with Gasteiger partial charge < -0.3 is 19.4 Å². The fourth-order valence-electron chi connectivity index (χ4n) is 7.89. The first-order chi connectivity index (χ1) is 39.2. The van der Waals surface area contributed by atoms with Crippen molar-refractivity contribution in [3.8, 4) is 62.0 Å². The number of anilines is 2. The zero-order valence-corrected chi connectivity index (χ0v) is 46.3. The molecule has 11 rings (SSSR count). The van der Waals surface area contributed by atoms with Gasteiger partial charge in [0, 0.05) is 53.8 Å². The summed E-state index contributed by atoms with van der Waals surface area (Å²) >= 11 is 14.6. The van der Waals surface area contributed by atoms with Gasteiger partial charge >= 0.3 is 10.1 Å². The lowest BCUT2D eigenvalue weighted by Gasteiger charge is -2.14. The molecule has 4 aromatic heterocycles. The molecule has 7 aromatic carbocycles. The van der Waals surface area contributed by atoms with Gasteiger partial charge in [0.25, 0.3) is 10.0 Å². The van der Waals surface area contributed by atoms with E-state index in [-0.39, 0.29) is 44.2 Å². The Morgan fingerprint density at radius 1 is 0.524 bits per heavy atom. The van der Waals surface area contributed by atoms with Crippen LogP contribution in [0.15, 0.2) is 155 Å². The molecule has 0 amide bonds. The van der Waals surface area contributed by atoms with Crippen molar-refractivity contribution >= 4 is 99.8 Å². The van der Waals surface area contributed by atoms with Gasteiger partial charge in [-0.1, -0.05) is 47.5 Å². The van der Waals surface area contributed by atoms with Crippen LogP contribution in [0.2, 0.25) is 10.0 Å². The van der Waals surface area contributed by atoms with E-state index in [1.54, 1.807) is 78.2 Å². The third kappa shape index (κ3) is 12.4. The minimum absolute atomic E-state index is 0.0112. The summed E-state index contributed by atoms with van der Waals surface area (Å²) in [5.41, 5.74) is 8.22. The van der Waals surface area contributed by atoms with E-state index < -0.39 is 71.5 Å². The molecule has 0 unspecified atom stereocenters. The first-order valence-electron chi connectivity index (χ1n) is 23.0. The summed E-state index contributed by atoms with van der Waals surface area (Å²) in [4.78, 5) is 16.0. The van der Waals surface area contributed by atoms with Crippen molar-refractivity contribution in [1.82, 2.24) is 28.7 Å². The SMILES string of the molecule is COc1cc(-c2cccc(Cl)c2)c(F)cc1-c1ncnc2cc(S(=O)(=O)Nc3ccsn3)ccc12.COc1cc(-c2cccc(Cl)c2)c(F)cc1-c1ncnc2cc(S(=O)(=O)Oc3c(F)c(F)c(F)c(F)c3F)ccc12.Nc1ccsn1. The number of benzene rings is 7. The van der Waals surface area contributed by atoms with E-state index >= 15 is 8.78 Å². The van der Waals surface area contributed by atoms with Crippen LogP contribution in [0.5, 0.6) is 17.2 Å². The average Bonchev–Trinajstić information content (AvgIpc) is 3.81. The van der Waals surface area contributed by atoms with Crippen molar-refractivity contribution in [2.75, 3.05) is 24.7 Å². The summed E-state index contributed by atoms with van der Waals surface area (Å²) in [6.07, 6.45) is 2.34. The molecule has 3 N–H and O–H groups in total. The van der Waals surface area contributed by atoms with Crippen molar-refractivity contribution < 1.29 is 61.2 Å². The predicted molar refractivity (Wildman–Crippen MR) is 297 cm³/mol. The molecule has 0 atom stereocenters. The highest BCUT2D eigenvalue weighted by Crippen LogP contribution is 2.41. The van der Waals surface area contributed by atoms with E-state index in [4.69, 9.17) is 38.4 Å². The molecule has 0 spiro atoms. The minimum Gasteiger partial charge on any atom is -0.496 e. The number of halogens is 9. The summed E-state index contributed by atoms with van der Waals surface area (Å²) in [5.74, 6) is -13.9. The van der Waals surface area contributed by atoms with E-state index in [2.05, 4.69) is 37.6 Å². The first-order valence-corrected chi connectivity index (χ1v) is 28.3. The Hall–Kier alpha value is -8.53. The fraction of sp³-hybridized carbons (Fsp3) is 0.0370. The molecule has 0 saturated heterocycles. The number of aromatic nitrogens is 6. The van der Waals surface area contributed by atoms with E-state index in [0.717, 1.165) is 36.1 Å². The van der Waals surface area contributed by atoms with Gasteiger partial charge in [0.15, 0.2) is 5.82 Å². The molecule has 0 fully saturated rings. The monoisotopic (exact) mass is 1240 g/mol. The summed E-state index contributed by atoms with van der Waals surface area (Å²) < 4.78 is 175. The number of fused-ring (bicyclic) bond motifs is 2. The standard InChI is InChI=1S/C27H13ClF6N2O4S.C24H16ClFN4O3S2.C3H4N2S/c1-39-20-10-16(12-3-2-4-13(28)7-12)18(29)9-17(20)26-15-6-5-14(8-19(15)35-11-36-26)41(37,38)40-27-24(33)22(31)21(30)23(32)25(27)34;1-33-22-12-18(14-3-2-4-15(25)9-14)20(26)11-19(22)24-17-6-5-16(10-21(17)27-13-28-24)35(31,32)30-23-7-8-34-29-23;4-3-1-2-6-5-3/h2-11H,1H3;2-13H,1H3,(H,29,30);1-2H,(H2,4,5). The van der Waals surface area contributed by atoms with Crippen molar-refractivity contribution in [3.63, 3.8) is 0 Å². The highest BCUT2D eigenvalue weighted by Gasteiger charge is 2.32. The molecular formula is C54H33Cl2F7N8O7S4. The molecule has 0 saturated carbocycles. The second-order valence-corrected chi connectivity index (χ2v) is 22.2. The van der Waals surface area contributed by atoms with Crippen LogP contribution >= 0.6 is 46.3 Å². The maximum Gasteiger partial charge on any atom is 0.339 e. The number of hydrogen-bond donors (Lipinski definition) is 2. The number of nitrogens with two attached hydrogens (primary N) is 1. The number of rotatable bonds is 12. The predicted octanol–water partition coefficient (Wildman–Crippen LogP) is 14.0. The maximum atomic E-state index is 15.3. The Labute approximate surface area is 478 Å². The highest BCUT2D eigenvalue weighted by atomic mass is 35.5. The molecule has 11 aromatic rings. The largest absolute Gasteiger partial charge is 0.496 e. The van der Waals surface area contributed by atoms with Gasteiger partial charge in [0.2, 0.25) is 34.8 Å². The Kier molecular flexibility index (Phi) is 17.2. The number of methoxy groups -OCH3 is 2. The van der Waals surface area contributed by atoms with Gasteiger partial charge in [0.05, 0.1) is 41.5 Å². The van der Waals surface area contributed by atoms with E-state index in [1.807, 2.05) is 5.38 Å². The van der Waals surface area contributed by atoms with E-state index in [0.29, 0.717) is 60.5 Å². The number of nitrogen functional groups attached to an aromatic ring is 1. The zero-order chi connectivity index (χ0) is 58.6. The Bertz CT molecular complexity index is 4440. The van der Waals surface area contributed by atoms with Gasteiger partial charge in [-0.15, -0.1) is 0 Å². The smallest absolute Gasteiger partial charge is 0.339 e. The molecule has 0 aliphatic carbocycles. The van der Waals surface area contributed by atoms with Crippen molar-refractivity contribution in [2.45, 2.75) is 9.79 Å². The lowest BCUT2D eigenvalue weighted by Crippen LogP contribution is -2.14. The Balaban J connectivity index is 0.000000181. The lowest BCUT2D eigenvalue weighted by molar-refractivity contribution is 0.346. The Morgan fingerprint density at radius 3 is 1.44 bits per heavy atom. The lowest BCUT2D eigenvalue weighted by atomic mass is 9.99. The van der Waals surface area contributed by atoms with Crippen molar-refractivity contribution in [2.24, 2.45) is 0 Å². The minimum atomic E-state index is -5.12. The molecule has 4 heterocycles. The molecule has 0 radical (unpaired) electrons. The molecule has 28 heteroatoms. The summed E-state index contributed by atoms with van der Waals surface area (Å²) in [6.45, 7) is 0. The maximum absolute atomic E-state index is 15.3. The number of nitrogens with one attached hydrogen (secondary N) is 1. The third-order valence-corrected chi connectivity index (χ3v) is 15.8. The summed E-state index contributed by atoms with van der Waals surface area (Å²) in [7, 11) is -6.16. The van der Waals surface area contributed by atoms with Crippen LogP contribution in [0, 0.1) is 40.7 Å². The van der Waals surface area contributed by atoms with Crippen molar-refractivity contribution in [3.05, 3.63) is 196 Å². The van der Waals surface area contributed by atoms with E-state index in [9.17, 15) is 38.8 Å². The molecule has 418 valence electrons. The normalized spacial score (nSPS) is 11.4. The van der Waals surface area contributed by atoms with Crippen LogP contribution in [0.25, 0.3) is 66.6 Å². The Morgan fingerprint density at radius 2 is 1.00 bits per heavy atom. The number of hydrogen-bond acceptors (Lipinski definition) is 16. The van der Waals surface area contributed by atoms with Crippen LogP contribution in [0.3, 0.4) is 0 Å². The molecule has 15 nitrogen and oxygen atoms in total. The van der Waals surface area contributed by atoms with Crippen molar-refractivity contribution in [1.29, 1.82) is 0 Å². The van der Waals surface area contributed by atoms with Gasteiger partial charge in [0.1, 0.15) is 46.5 Å². The summed E-state index contributed by atoms with van der Waals surface area (Å²) in [6, 6.07) is 29.7. The van der Waals surface area contributed by atoms with Gasteiger partial charge in [-0.05, 0) is 131 Å². The third-order valence-electron chi connectivity index (χ3n) is 11.7. The quantitative estimate of drug-likeness (QED) is 0.0504. The van der Waals surface area contributed by atoms with Gasteiger partial charge in [-0.3, -0.25) is 4.72 Å². The van der Waals surface area contributed by atoms with Crippen LogP contribution in [0.4, 0.5) is 42.4 Å². The topological polar surface area (TPSA) is 211 Å². The first kappa shape index (κ1) is 58.1. The summed E-state index contributed by atoms with van der Waals surface area (Å²) in [5, 5.41) is 5.13. The van der Waals surface area contributed by atoms with Crippen LogP contribution < -0.4 is 24.1 Å². The molecule has 0 bridgehead atoms. The number of ether oxygens (including phenoxy) is 2. The number of sulfonamides is 1. The average molecular weight is 1240 g/mol. The van der Waals surface area contributed by atoms with Gasteiger partial charge in [-0.25, -0.2) is 50.3 Å². The number of nitrogens with zero attached hydrogens (tertiary/aromatic N) is 6. The molecule has 0 aliphatic rings. The second-order valence-electron chi connectivity index (χ2n) is 16.7. The van der Waals surface area contributed by atoms with Crippen LogP contribution in [-0.2, 0) is 20.1 Å². The fourth-order valence-corrected chi connectivity index (χ4v) is 11.2. The van der Waals surface area contributed by atoms with Crippen LogP contribution in [0.1, 0.15) is 0 Å². The van der Waals surface area contributed by atoms with Crippen LogP contribution in [-0.4, -0.2) is 59.7 Å². The molecular weight excluding hydrogens is 1200 g/mol. The van der Waals surface area contributed by atoms with Gasteiger partial charge in [-0.2, -0.15) is 25.9 Å². The molecule has 82 heavy (non-hydrogen) atoms. The highest BCUT2D eigenvalue weighted by molar-refractivity contribution is 7.92. The zero-order valence-electron chi connectivity index (χ0n) is 41.5. The van der Waals surface area contributed by atoms with E-state index in [1.165, 1.54) is 62.4 Å².